The third kappa shape index (κ3) is 3.42. The molecule has 2 rings (SSSR count). The molecular weight excluding hydrogens is 341 g/mol. The number of aliphatic hydroxyl groups is 1. The number of ether oxygens (including phenoxy) is 1. The van der Waals surface area contributed by atoms with E-state index < -0.39 is 33.6 Å². The van der Waals surface area contributed by atoms with Crippen molar-refractivity contribution in [2.45, 2.75) is 37.5 Å². The highest BCUT2D eigenvalue weighted by atomic mass is 32.2. The molecule has 1 aliphatic rings. The van der Waals surface area contributed by atoms with Crippen molar-refractivity contribution in [2.24, 2.45) is 0 Å². The highest BCUT2D eigenvalue weighted by Crippen LogP contribution is 2.37. The Labute approximate surface area is 129 Å². The summed E-state index contributed by atoms with van der Waals surface area (Å²) in [6.07, 6.45) is -0.535. The van der Waals surface area contributed by atoms with Gasteiger partial charge in [-0.3, -0.25) is 4.79 Å². The number of rotatable bonds is 4. The number of hydrogen-bond donors (Lipinski definition) is 1. The molecule has 1 aromatic carbocycles. The Morgan fingerprint density at radius 1 is 1.43 bits per heavy atom. The van der Waals surface area contributed by atoms with Gasteiger partial charge in [0.25, 0.3) is 0 Å². The molecule has 0 amide bonds. The van der Waals surface area contributed by atoms with Crippen molar-refractivity contribution in [3.8, 4) is 11.5 Å². The SMILES string of the molecule is CC(O)C1CCc2c(ccc(OS(=O)(=O)C(F)(F)F)c2C=O)O1. The first kappa shape index (κ1) is 17.5. The van der Waals surface area contributed by atoms with E-state index in [9.17, 15) is 31.5 Å². The Bertz CT molecular complexity index is 711. The Hall–Kier alpha value is -1.81. The van der Waals surface area contributed by atoms with Crippen LogP contribution in [-0.4, -0.2) is 37.5 Å². The highest BCUT2D eigenvalue weighted by Gasteiger charge is 2.49. The van der Waals surface area contributed by atoms with Crippen LogP contribution in [0.25, 0.3) is 0 Å². The van der Waals surface area contributed by atoms with Gasteiger partial charge in [0.1, 0.15) is 11.9 Å². The molecule has 0 bridgehead atoms. The van der Waals surface area contributed by atoms with E-state index in [0.717, 1.165) is 6.07 Å². The van der Waals surface area contributed by atoms with Gasteiger partial charge >= 0.3 is 15.6 Å². The number of carbonyl (C=O) groups is 1. The maximum Gasteiger partial charge on any atom is 0.534 e. The molecule has 2 unspecified atom stereocenters. The van der Waals surface area contributed by atoms with E-state index in [-0.39, 0.29) is 29.6 Å². The summed E-state index contributed by atoms with van der Waals surface area (Å²) in [5.74, 6) is -0.517. The van der Waals surface area contributed by atoms with Crippen LogP contribution in [0.5, 0.6) is 11.5 Å². The predicted octanol–water partition coefficient (Wildman–Crippen LogP) is 1.80. The molecule has 0 aliphatic carbocycles. The smallest absolute Gasteiger partial charge is 0.487 e. The summed E-state index contributed by atoms with van der Waals surface area (Å²) < 4.78 is 68.8. The van der Waals surface area contributed by atoms with Crippen LogP contribution >= 0.6 is 0 Å². The lowest BCUT2D eigenvalue weighted by atomic mass is 9.95. The van der Waals surface area contributed by atoms with E-state index in [2.05, 4.69) is 4.18 Å². The Morgan fingerprint density at radius 3 is 2.61 bits per heavy atom. The van der Waals surface area contributed by atoms with Crippen molar-refractivity contribution in [1.82, 2.24) is 0 Å². The molecule has 0 saturated heterocycles. The second kappa shape index (κ2) is 6.00. The summed E-state index contributed by atoms with van der Waals surface area (Å²) in [6.45, 7) is 1.52. The lowest BCUT2D eigenvalue weighted by Crippen LogP contribution is -2.33. The molecule has 128 valence electrons. The molecule has 1 heterocycles. The third-order valence-electron chi connectivity index (χ3n) is 3.37. The quantitative estimate of drug-likeness (QED) is 0.504. The van der Waals surface area contributed by atoms with E-state index in [1.165, 1.54) is 13.0 Å². The van der Waals surface area contributed by atoms with E-state index >= 15 is 0 Å². The normalized spacial score (nSPS) is 19.4. The van der Waals surface area contributed by atoms with Gasteiger partial charge in [-0.25, -0.2) is 0 Å². The summed E-state index contributed by atoms with van der Waals surface area (Å²) in [7, 11) is -5.87. The van der Waals surface area contributed by atoms with Crippen molar-refractivity contribution in [3.05, 3.63) is 23.3 Å². The Kier molecular flexibility index (Phi) is 4.58. The molecule has 23 heavy (non-hydrogen) atoms. The molecule has 0 spiro atoms. The molecule has 6 nitrogen and oxygen atoms in total. The van der Waals surface area contributed by atoms with Gasteiger partial charge in [0.15, 0.2) is 12.0 Å². The van der Waals surface area contributed by atoms with Gasteiger partial charge in [-0.1, -0.05) is 0 Å². The highest BCUT2D eigenvalue weighted by molar-refractivity contribution is 7.88. The molecule has 0 aromatic heterocycles. The Balaban J connectivity index is 2.41. The third-order valence-corrected chi connectivity index (χ3v) is 4.34. The van der Waals surface area contributed by atoms with Gasteiger partial charge < -0.3 is 14.0 Å². The largest absolute Gasteiger partial charge is 0.534 e. The monoisotopic (exact) mass is 354 g/mol. The minimum atomic E-state index is -5.87. The molecule has 0 radical (unpaired) electrons. The minimum absolute atomic E-state index is 0.195. The number of hydrogen-bond acceptors (Lipinski definition) is 6. The number of halogens is 3. The van der Waals surface area contributed by atoms with Crippen LogP contribution in [0.1, 0.15) is 29.3 Å². The Morgan fingerprint density at radius 2 is 2.09 bits per heavy atom. The summed E-state index contributed by atoms with van der Waals surface area (Å²) in [6, 6.07) is 2.12. The average molecular weight is 354 g/mol. The van der Waals surface area contributed by atoms with Crippen LogP contribution in [0.4, 0.5) is 13.2 Å². The van der Waals surface area contributed by atoms with Crippen LogP contribution in [0, 0.1) is 0 Å². The fourth-order valence-electron chi connectivity index (χ4n) is 2.21. The van der Waals surface area contributed by atoms with E-state index in [1.54, 1.807) is 0 Å². The molecule has 2 atom stereocenters. The standard InChI is InChI=1S/C13H13F3O6S/c1-7(18)10-3-2-8-9(6-17)12(5-4-11(8)21-10)22-23(19,20)13(14,15)16/h4-7,10,18H,2-3H2,1H3. The topological polar surface area (TPSA) is 89.9 Å². The maximum atomic E-state index is 12.4. The zero-order valence-corrected chi connectivity index (χ0v) is 12.6. The van der Waals surface area contributed by atoms with Crippen molar-refractivity contribution in [2.75, 3.05) is 0 Å². The number of alkyl halides is 3. The summed E-state index contributed by atoms with van der Waals surface area (Å²) >= 11 is 0. The van der Waals surface area contributed by atoms with Crippen LogP contribution < -0.4 is 8.92 Å². The number of benzene rings is 1. The van der Waals surface area contributed by atoms with Gasteiger partial charge in [0.2, 0.25) is 0 Å². The number of fused-ring (bicyclic) bond motifs is 1. The van der Waals surface area contributed by atoms with Crippen molar-refractivity contribution < 1.29 is 40.4 Å². The maximum absolute atomic E-state index is 12.4. The molecular formula is C13H13F3O6S. The fourth-order valence-corrected chi connectivity index (χ4v) is 2.68. The van der Waals surface area contributed by atoms with E-state index in [0.29, 0.717) is 6.42 Å². The van der Waals surface area contributed by atoms with E-state index in [4.69, 9.17) is 4.74 Å². The average Bonchev–Trinajstić information content (AvgIpc) is 2.44. The van der Waals surface area contributed by atoms with Gasteiger partial charge in [-0.15, -0.1) is 0 Å². The van der Waals surface area contributed by atoms with Crippen LogP contribution in [0.15, 0.2) is 12.1 Å². The number of aldehydes is 1. The summed E-state index contributed by atoms with van der Waals surface area (Å²) in [5.41, 5.74) is -5.68. The van der Waals surface area contributed by atoms with Gasteiger partial charge in [0.05, 0.1) is 11.7 Å². The summed E-state index contributed by atoms with van der Waals surface area (Å²) in [5, 5.41) is 9.50. The predicted molar refractivity (Wildman–Crippen MR) is 71.9 cm³/mol. The van der Waals surface area contributed by atoms with Gasteiger partial charge in [-0.05, 0) is 31.9 Å². The van der Waals surface area contributed by atoms with Crippen LogP contribution in [0.2, 0.25) is 0 Å². The zero-order chi connectivity index (χ0) is 17.4. The lowest BCUT2D eigenvalue weighted by molar-refractivity contribution is -0.0500. The van der Waals surface area contributed by atoms with Crippen LogP contribution in [-0.2, 0) is 16.5 Å². The molecule has 1 N–H and O–H groups in total. The van der Waals surface area contributed by atoms with Crippen LogP contribution in [0.3, 0.4) is 0 Å². The zero-order valence-electron chi connectivity index (χ0n) is 11.8. The molecule has 1 aromatic rings. The minimum Gasteiger partial charge on any atom is -0.487 e. The number of aliphatic hydroxyl groups excluding tert-OH is 1. The van der Waals surface area contributed by atoms with Gasteiger partial charge in [-0.2, -0.15) is 21.6 Å². The first-order valence-electron chi connectivity index (χ1n) is 6.53. The van der Waals surface area contributed by atoms with Crippen molar-refractivity contribution in [3.63, 3.8) is 0 Å². The summed E-state index contributed by atoms with van der Waals surface area (Å²) in [4.78, 5) is 11.2. The number of carbonyl (C=O) groups excluding carboxylic acids is 1. The van der Waals surface area contributed by atoms with Gasteiger partial charge in [0, 0.05) is 5.56 Å². The van der Waals surface area contributed by atoms with E-state index in [1.807, 2.05) is 0 Å². The first-order chi connectivity index (χ1) is 10.6. The molecule has 1 aliphatic heterocycles. The second-order valence-corrected chi connectivity index (χ2v) is 6.53. The molecule has 0 fully saturated rings. The molecule has 10 heteroatoms. The first-order valence-corrected chi connectivity index (χ1v) is 7.94. The van der Waals surface area contributed by atoms with Crippen molar-refractivity contribution >= 4 is 16.4 Å². The van der Waals surface area contributed by atoms with Crippen molar-refractivity contribution in [1.29, 1.82) is 0 Å². The molecule has 0 saturated carbocycles. The lowest BCUT2D eigenvalue weighted by Gasteiger charge is -2.29. The fraction of sp³-hybridized carbons (Fsp3) is 0.462. The second-order valence-electron chi connectivity index (χ2n) is 4.99.